The molecule has 8 nitrogen and oxygen atoms in total. The standard InChI is InChI=1S/C80H118N4O4/c1-5-9-13-17-21-25-29-33-37-41-59-85-75-49-45-47-69(79(75)87-61-43-39-35-31-27-23-19-15-11-7-3)77-71-55-53-67(82-71)63-65-51-52-66(81-65)64-68-54-56-72(83-68)78(74-58-57-73(77)84-74)70-48-46-50-76(86-60-42-38-34-30-26-22-18-14-10-6-2)80(70)88-62-44-40-36-32-28-24-20-16-12-8-4/h45-58,63-64,82-83H,5-44,59-62H2,1-4H3. The molecule has 8 heteroatoms. The molecule has 0 amide bonds. The Hall–Kier alpha value is -5.76. The first-order chi connectivity index (χ1) is 43.6. The number of fused-ring (bicyclic) bond motifs is 8. The molecule has 8 bridgehead atoms. The molecule has 482 valence electrons. The van der Waals surface area contributed by atoms with Crippen LogP contribution in [0.3, 0.4) is 0 Å². The van der Waals surface area contributed by atoms with Crippen molar-refractivity contribution < 1.29 is 18.9 Å². The van der Waals surface area contributed by atoms with Crippen LogP contribution in [0.2, 0.25) is 0 Å². The fraction of sp³-hybridized carbons (Fsp3) is 0.600. The summed E-state index contributed by atoms with van der Waals surface area (Å²) in [7, 11) is 0. The van der Waals surface area contributed by atoms with Crippen molar-refractivity contribution in [2.75, 3.05) is 26.4 Å². The number of unbranched alkanes of at least 4 members (excludes halogenated alkanes) is 36. The minimum Gasteiger partial charge on any atom is -0.490 e. The summed E-state index contributed by atoms with van der Waals surface area (Å²) >= 11 is 0. The molecule has 0 radical (unpaired) electrons. The second kappa shape index (κ2) is 43.0. The summed E-state index contributed by atoms with van der Waals surface area (Å²) in [4.78, 5) is 18.4. The number of hydrogen-bond donors (Lipinski definition) is 2. The van der Waals surface area contributed by atoms with Gasteiger partial charge in [0, 0.05) is 44.3 Å². The van der Waals surface area contributed by atoms with Crippen molar-refractivity contribution in [1.82, 2.24) is 19.9 Å². The lowest BCUT2D eigenvalue weighted by atomic mass is 10.0. The van der Waals surface area contributed by atoms with Crippen LogP contribution in [0.15, 0.2) is 72.8 Å². The second-order valence-corrected chi connectivity index (χ2v) is 25.6. The third-order valence-electron chi connectivity index (χ3n) is 17.9. The van der Waals surface area contributed by atoms with Gasteiger partial charge in [-0.25, -0.2) is 9.97 Å². The summed E-state index contributed by atoms with van der Waals surface area (Å²) in [5, 5.41) is 0. The van der Waals surface area contributed by atoms with Crippen LogP contribution in [0.4, 0.5) is 0 Å². The summed E-state index contributed by atoms with van der Waals surface area (Å²) in [6.07, 6.45) is 59.7. The predicted molar refractivity (Wildman–Crippen MR) is 379 cm³/mol. The average Bonchev–Trinajstić information content (AvgIpc) is 4.39. The van der Waals surface area contributed by atoms with Crippen molar-refractivity contribution in [3.8, 4) is 45.3 Å². The molecule has 2 aliphatic rings. The SMILES string of the molecule is CCCCCCCCCCCCOc1cccc(-c2c3nc(c(-c4cccc(OCCCCCCCCCCCC)c4OCCCCCCCCCCCC)c4ccc(cc5nc(cc6ccc2[nH]6)C=C5)[nH]4)C=C3)c1OCCCCCCCCCCCC. The number of nitrogens with one attached hydrogen (secondary N) is 2. The van der Waals surface area contributed by atoms with Crippen LogP contribution in [-0.4, -0.2) is 46.4 Å². The van der Waals surface area contributed by atoms with E-state index in [2.05, 4.69) is 135 Å². The maximum Gasteiger partial charge on any atom is 0.169 e. The van der Waals surface area contributed by atoms with E-state index < -0.39 is 0 Å². The van der Waals surface area contributed by atoms with Crippen LogP contribution >= 0.6 is 0 Å². The minimum absolute atomic E-state index is 0.619. The Labute approximate surface area is 534 Å². The minimum atomic E-state index is 0.619. The van der Waals surface area contributed by atoms with Crippen molar-refractivity contribution in [2.45, 2.75) is 285 Å². The molecule has 0 spiro atoms. The Kier molecular flexibility index (Phi) is 34.1. The van der Waals surface area contributed by atoms with E-state index in [1.165, 1.54) is 218 Å². The molecule has 0 fully saturated rings. The van der Waals surface area contributed by atoms with Crippen molar-refractivity contribution in [1.29, 1.82) is 0 Å². The number of rotatable bonds is 50. The highest BCUT2D eigenvalue weighted by atomic mass is 16.5. The average molecular weight is 1200 g/mol. The zero-order valence-electron chi connectivity index (χ0n) is 55.9. The number of H-pyrrole nitrogens is 2. The van der Waals surface area contributed by atoms with Crippen LogP contribution < -0.4 is 18.9 Å². The highest BCUT2D eigenvalue weighted by Gasteiger charge is 2.23. The summed E-state index contributed by atoms with van der Waals surface area (Å²) in [5.41, 5.74) is 11.1. The lowest BCUT2D eigenvalue weighted by Gasteiger charge is -2.18. The lowest BCUT2D eigenvalue weighted by molar-refractivity contribution is 0.259. The molecule has 2 aliphatic heterocycles. The van der Waals surface area contributed by atoms with Crippen LogP contribution in [0, 0.1) is 0 Å². The number of nitrogens with zero attached hydrogens (tertiary/aromatic N) is 2. The first kappa shape index (κ1) is 69.7. The maximum atomic E-state index is 7.06. The van der Waals surface area contributed by atoms with Gasteiger partial charge >= 0.3 is 0 Å². The Balaban J connectivity index is 1.24. The van der Waals surface area contributed by atoms with E-state index in [4.69, 9.17) is 28.9 Å². The first-order valence-electron chi connectivity index (χ1n) is 36.5. The smallest absolute Gasteiger partial charge is 0.169 e. The Morgan fingerprint density at radius 1 is 0.295 bits per heavy atom. The molecule has 88 heavy (non-hydrogen) atoms. The van der Waals surface area contributed by atoms with E-state index in [-0.39, 0.29) is 0 Å². The van der Waals surface area contributed by atoms with Crippen molar-refractivity contribution in [2.24, 2.45) is 0 Å². The molecule has 0 saturated carbocycles. The lowest BCUT2D eigenvalue weighted by Crippen LogP contribution is -2.05. The number of hydrogen-bond acceptors (Lipinski definition) is 6. The third kappa shape index (κ3) is 24.9. The molecule has 0 unspecified atom stereocenters. The Morgan fingerprint density at radius 2 is 0.591 bits per heavy atom. The number of para-hydroxylation sites is 2. The summed E-state index contributed by atoms with van der Waals surface area (Å²) in [6, 6.07) is 25.8. The van der Waals surface area contributed by atoms with Crippen molar-refractivity contribution in [3.63, 3.8) is 0 Å². The summed E-state index contributed by atoms with van der Waals surface area (Å²) < 4.78 is 27.8. The van der Waals surface area contributed by atoms with Gasteiger partial charge in [0.25, 0.3) is 0 Å². The highest BCUT2D eigenvalue weighted by Crippen LogP contribution is 2.45. The summed E-state index contributed by atoms with van der Waals surface area (Å²) in [5.74, 6) is 3.15. The zero-order chi connectivity index (χ0) is 61.3. The molecule has 5 heterocycles. The predicted octanol–water partition coefficient (Wildman–Crippen LogP) is 25.2. The molecule has 2 aromatic carbocycles. The van der Waals surface area contributed by atoms with Gasteiger partial charge in [-0.1, -0.05) is 283 Å². The molecule has 7 rings (SSSR count). The van der Waals surface area contributed by atoms with Gasteiger partial charge in [0.1, 0.15) is 0 Å². The van der Waals surface area contributed by atoms with E-state index in [0.29, 0.717) is 26.4 Å². The van der Waals surface area contributed by atoms with E-state index in [9.17, 15) is 0 Å². The fourth-order valence-electron chi connectivity index (χ4n) is 12.7. The zero-order valence-corrected chi connectivity index (χ0v) is 55.9. The Bertz CT molecular complexity index is 2740. The highest BCUT2D eigenvalue weighted by molar-refractivity contribution is 5.98. The van der Waals surface area contributed by atoms with E-state index >= 15 is 0 Å². The maximum absolute atomic E-state index is 7.06. The third-order valence-corrected chi connectivity index (χ3v) is 17.9. The number of ether oxygens (including phenoxy) is 4. The molecule has 5 aromatic rings. The van der Waals surface area contributed by atoms with Crippen molar-refractivity contribution in [3.05, 3.63) is 95.6 Å². The number of benzene rings is 2. The van der Waals surface area contributed by atoms with Gasteiger partial charge in [-0.15, -0.1) is 0 Å². The molecule has 2 N–H and O–H groups in total. The summed E-state index contributed by atoms with van der Waals surface area (Å²) in [6.45, 7) is 11.7. The van der Waals surface area contributed by atoms with E-state index in [1.807, 2.05) is 0 Å². The monoisotopic (exact) mass is 1200 g/mol. The van der Waals surface area contributed by atoms with Crippen LogP contribution in [0.1, 0.15) is 307 Å². The Morgan fingerprint density at radius 3 is 0.909 bits per heavy atom. The van der Waals surface area contributed by atoms with Crippen LogP contribution in [0.5, 0.6) is 23.0 Å². The molecular weight excluding hydrogens is 1080 g/mol. The van der Waals surface area contributed by atoms with Gasteiger partial charge in [0.2, 0.25) is 0 Å². The number of aromatic nitrogens is 4. The van der Waals surface area contributed by atoms with Crippen LogP contribution in [-0.2, 0) is 0 Å². The molecule has 0 aliphatic carbocycles. The van der Waals surface area contributed by atoms with Gasteiger partial charge < -0.3 is 28.9 Å². The normalized spacial score (nSPS) is 12.0. The first-order valence-corrected chi connectivity index (χ1v) is 36.5. The van der Waals surface area contributed by atoms with Gasteiger partial charge in [-0.3, -0.25) is 0 Å². The second-order valence-electron chi connectivity index (χ2n) is 25.6. The molecule has 0 saturated heterocycles. The van der Waals surface area contributed by atoms with E-state index in [1.54, 1.807) is 0 Å². The topological polar surface area (TPSA) is 94.3 Å². The van der Waals surface area contributed by atoms with Gasteiger partial charge in [-0.2, -0.15) is 0 Å². The fourth-order valence-corrected chi connectivity index (χ4v) is 12.7. The number of aromatic amines is 2. The van der Waals surface area contributed by atoms with Gasteiger partial charge in [0.05, 0.1) is 49.2 Å². The van der Waals surface area contributed by atoms with Gasteiger partial charge in [-0.05, 0) is 98.5 Å². The quantitative estimate of drug-likeness (QED) is 0.0369. The molecule has 3 aromatic heterocycles. The van der Waals surface area contributed by atoms with Crippen LogP contribution in [0.25, 0.3) is 68.6 Å². The molecular formula is C80H118N4O4. The van der Waals surface area contributed by atoms with Gasteiger partial charge in [0.15, 0.2) is 23.0 Å². The van der Waals surface area contributed by atoms with Crippen molar-refractivity contribution >= 4 is 46.4 Å². The molecule has 0 atom stereocenters. The largest absolute Gasteiger partial charge is 0.490 e. The van der Waals surface area contributed by atoms with E-state index in [0.717, 1.165) is 129 Å².